The SMILES string of the molecule is C=C(C)COCCOC(=O)c1ccc(O)cc1. The van der Waals surface area contributed by atoms with Crippen LogP contribution in [0.2, 0.25) is 0 Å². The minimum Gasteiger partial charge on any atom is -0.508 e. The molecule has 0 heterocycles. The molecule has 0 bridgehead atoms. The van der Waals surface area contributed by atoms with Crippen LogP contribution in [-0.4, -0.2) is 30.9 Å². The molecule has 0 aliphatic rings. The lowest BCUT2D eigenvalue weighted by molar-refractivity contribution is 0.0347. The highest BCUT2D eigenvalue weighted by atomic mass is 16.6. The van der Waals surface area contributed by atoms with Gasteiger partial charge in [0.1, 0.15) is 12.4 Å². The fourth-order valence-electron chi connectivity index (χ4n) is 1.12. The first-order valence-corrected chi connectivity index (χ1v) is 5.28. The summed E-state index contributed by atoms with van der Waals surface area (Å²) in [6.07, 6.45) is 0. The van der Waals surface area contributed by atoms with Crippen molar-refractivity contribution >= 4 is 5.97 Å². The predicted molar refractivity (Wildman–Crippen MR) is 64.0 cm³/mol. The highest BCUT2D eigenvalue weighted by Gasteiger charge is 2.06. The third-order valence-corrected chi connectivity index (χ3v) is 1.91. The molecule has 0 aromatic heterocycles. The quantitative estimate of drug-likeness (QED) is 0.467. The van der Waals surface area contributed by atoms with E-state index >= 15 is 0 Å². The molecule has 1 rings (SSSR count). The van der Waals surface area contributed by atoms with Gasteiger partial charge in [0.05, 0.1) is 18.8 Å². The zero-order valence-electron chi connectivity index (χ0n) is 9.81. The van der Waals surface area contributed by atoms with Crippen LogP contribution in [0.3, 0.4) is 0 Å². The van der Waals surface area contributed by atoms with E-state index in [1.807, 2.05) is 6.92 Å². The number of phenolic OH excluding ortho intramolecular Hbond substituents is 1. The van der Waals surface area contributed by atoms with E-state index in [2.05, 4.69) is 6.58 Å². The van der Waals surface area contributed by atoms with E-state index < -0.39 is 5.97 Å². The van der Waals surface area contributed by atoms with Crippen LogP contribution < -0.4 is 0 Å². The average Bonchev–Trinajstić information content (AvgIpc) is 2.29. The number of rotatable bonds is 6. The van der Waals surface area contributed by atoms with Crippen LogP contribution in [0.1, 0.15) is 17.3 Å². The number of esters is 1. The van der Waals surface area contributed by atoms with E-state index in [0.29, 0.717) is 18.8 Å². The number of carbonyl (C=O) groups is 1. The molecule has 0 spiro atoms. The second-order valence-corrected chi connectivity index (χ2v) is 3.69. The van der Waals surface area contributed by atoms with Gasteiger partial charge in [-0.25, -0.2) is 4.79 Å². The molecule has 0 atom stereocenters. The molecule has 17 heavy (non-hydrogen) atoms. The van der Waals surface area contributed by atoms with Crippen molar-refractivity contribution in [3.63, 3.8) is 0 Å². The molecule has 92 valence electrons. The Hall–Kier alpha value is -1.81. The number of carbonyl (C=O) groups excluding carboxylic acids is 1. The Bertz CT molecular complexity index is 381. The van der Waals surface area contributed by atoms with Crippen LogP contribution in [0.15, 0.2) is 36.4 Å². The summed E-state index contributed by atoms with van der Waals surface area (Å²) in [5.41, 5.74) is 1.33. The Balaban J connectivity index is 2.25. The highest BCUT2D eigenvalue weighted by molar-refractivity contribution is 5.89. The van der Waals surface area contributed by atoms with Gasteiger partial charge in [-0.05, 0) is 31.2 Å². The van der Waals surface area contributed by atoms with Crippen LogP contribution in [0, 0.1) is 0 Å². The van der Waals surface area contributed by atoms with E-state index in [1.54, 1.807) is 0 Å². The number of hydrogen-bond donors (Lipinski definition) is 1. The Labute approximate surface area is 100 Å². The summed E-state index contributed by atoms with van der Waals surface area (Å²) < 4.78 is 10.2. The summed E-state index contributed by atoms with van der Waals surface area (Å²) in [5, 5.41) is 9.06. The van der Waals surface area contributed by atoms with E-state index in [9.17, 15) is 4.79 Å². The largest absolute Gasteiger partial charge is 0.508 e. The summed E-state index contributed by atoms with van der Waals surface area (Å²) in [7, 11) is 0. The van der Waals surface area contributed by atoms with Crippen molar-refractivity contribution in [2.24, 2.45) is 0 Å². The van der Waals surface area contributed by atoms with E-state index in [4.69, 9.17) is 14.6 Å². The van der Waals surface area contributed by atoms with Gasteiger partial charge in [-0.1, -0.05) is 12.2 Å². The maximum absolute atomic E-state index is 11.5. The highest BCUT2D eigenvalue weighted by Crippen LogP contribution is 2.10. The standard InChI is InChI=1S/C13H16O4/c1-10(2)9-16-7-8-17-13(15)11-3-5-12(14)6-4-11/h3-6,14H,1,7-9H2,2H3. The topological polar surface area (TPSA) is 55.8 Å². The number of ether oxygens (including phenoxy) is 2. The molecule has 0 aliphatic heterocycles. The number of benzene rings is 1. The molecular weight excluding hydrogens is 220 g/mol. The number of phenols is 1. The first kappa shape index (κ1) is 13.3. The van der Waals surface area contributed by atoms with E-state index in [-0.39, 0.29) is 12.4 Å². The molecule has 1 aromatic rings. The Kier molecular flexibility index (Phi) is 5.23. The molecule has 0 saturated carbocycles. The lowest BCUT2D eigenvalue weighted by Gasteiger charge is -2.06. The maximum atomic E-state index is 11.5. The van der Waals surface area contributed by atoms with Crippen molar-refractivity contribution < 1.29 is 19.4 Å². The fourth-order valence-corrected chi connectivity index (χ4v) is 1.12. The first-order chi connectivity index (χ1) is 8.09. The third kappa shape index (κ3) is 5.17. The minimum absolute atomic E-state index is 0.117. The first-order valence-electron chi connectivity index (χ1n) is 5.28. The molecule has 1 N–H and O–H groups in total. The van der Waals surface area contributed by atoms with Gasteiger partial charge < -0.3 is 14.6 Å². The number of aromatic hydroxyl groups is 1. The smallest absolute Gasteiger partial charge is 0.338 e. The lowest BCUT2D eigenvalue weighted by atomic mass is 10.2. The number of hydrogen-bond acceptors (Lipinski definition) is 4. The third-order valence-electron chi connectivity index (χ3n) is 1.91. The predicted octanol–water partition coefficient (Wildman–Crippen LogP) is 2.14. The zero-order chi connectivity index (χ0) is 12.7. The van der Waals surface area contributed by atoms with Crippen molar-refractivity contribution in [3.05, 3.63) is 42.0 Å². The molecule has 0 amide bonds. The molecule has 0 saturated heterocycles. The summed E-state index contributed by atoms with van der Waals surface area (Å²) in [6.45, 7) is 6.57. The normalized spacial score (nSPS) is 9.94. The van der Waals surface area contributed by atoms with Gasteiger partial charge in [0.25, 0.3) is 0 Å². The lowest BCUT2D eigenvalue weighted by Crippen LogP contribution is -2.11. The van der Waals surface area contributed by atoms with Crippen LogP contribution >= 0.6 is 0 Å². The van der Waals surface area contributed by atoms with Crippen LogP contribution in [0.5, 0.6) is 5.75 Å². The van der Waals surface area contributed by atoms with Crippen molar-refractivity contribution in [3.8, 4) is 5.75 Å². The zero-order valence-corrected chi connectivity index (χ0v) is 9.81. The molecule has 0 aliphatic carbocycles. The van der Waals surface area contributed by atoms with E-state index in [0.717, 1.165) is 5.57 Å². The van der Waals surface area contributed by atoms with Gasteiger partial charge in [0.15, 0.2) is 0 Å². The van der Waals surface area contributed by atoms with E-state index in [1.165, 1.54) is 24.3 Å². The molecule has 4 heteroatoms. The minimum atomic E-state index is -0.427. The van der Waals surface area contributed by atoms with Gasteiger partial charge in [-0.15, -0.1) is 0 Å². The molecule has 4 nitrogen and oxygen atoms in total. The van der Waals surface area contributed by atoms with Gasteiger partial charge >= 0.3 is 5.97 Å². The summed E-state index contributed by atoms with van der Waals surface area (Å²) in [6, 6.07) is 5.89. The molecular formula is C13H16O4. The van der Waals surface area contributed by atoms with Gasteiger partial charge in [-0.3, -0.25) is 0 Å². The molecule has 1 aromatic carbocycles. The molecule has 0 radical (unpaired) electrons. The van der Waals surface area contributed by atoms with Gasteiger partial charge in [-0.2, -0.15) is 0 Å². The van der Waals surface area contributed by atoms with Crippen molar-refractivity contribution in [2.45, 2.75) is 6.92 Å². The van der Waals surface area contributed by atoms with Gasteiger partial charge in [0, 0.05) is 0 Å². The second kappa shape index (κ2) is 6.70. The Morgan fingerprint density at radius 2 is 1.94 bits per heavy atom. The second-order valence-electron chi connectivity index (χ2n) is 3.69. The Morgan fingerprint density at radius 3 is 2.53 bits per heavy atom. The van der Waals surface area contributed by atoms with Crippen molar-refractivity contribution in [1.82, 2.24) is 0 Å². The van der Waals surface area contributed by atoms with Crippen molar-refractivity contribution in [2.75, 3.05) is 19.8 Å². The van der Waals surface area contributed by atoms with Gasteiger partial charge in [0.2, 0.25) is 0 Å². The van der Waals surface area contributed by atoms with Crippen LogP contribution in [0.25, 0.3) is 0 Å². The summed E-state index contributed by atoms with van der Waals surface area (Å²) in [4.78, 5) is 11.5. The van der Waals surface area contributed by atoms with Crippen molar-refractivity contribution in [1.29, 1.82) is 0 Å². The Morgan fingerprint density at radius 1 is 1.29 bits per heavy atom. The van der Waals surface area contributed by atoms with Crippen LogP contribution in [-0.2, 0) is 9.47 Å². The monoisotopic (exact) mass is 236 g/mol. The average molecular weight is 236 g/mol. The summed E-state index contributed by atoms with van der Waals surface area (Å²) in [5.74, 6) is -0.310. The summed E-state index contributed by atoms with van der Waals surface area (Å²) >= 11 is 0. The van der Waals surface area contributed by atoms with Crippen LogP contribution in [0.4, 0.5) is 0 Å². The maximum Gasteiger partial charge on any atom is 0.338 e. The fraction of sp³-hybridized carbons (Fsp3) is 0.308. The molecule has 0 fully saturated rings. The molecule has 0 unspecified atom stereocenters.